The number of urea groups is 1. The number of nitrogens with zero attached hydrogens (tertiary/aromatic N) is 6. The average Bonchev–Trinajstić information content (AvgIpc) is 3.19. The van der Waals surface area contributed by atoms with Crippen molar-refractivity contribution in [1.82, 2.24) is 25.2 Å². The molecular weight excluding hydrogens is 468 g/mol. The van der Waals surface area contributed by atoms with Gasteiger partial charge in [0.2, 0.25) is 11.9 Å². The second kappa shape index (κ2) is 9.09. The maximum absolute atomic E-state index is 13.3. The topological polar surface area (TPSA) is 119 Å². The highest BCUT2D eigenvalue weighted by Crippen LogP contribution is 2.42. The van der Waals surface area contributed by atoms with E-state index < -0.39 is 5.54 Å². The van der Waals surface area contributed by atoms with E-state index in [0.717, 1.165) is 37.0 Å². The molecule has 10 heteroatoms. The van der Waals surface area contributed by atoms with E-state index in [9.17, 15) is 9.90 Å². The Labute approximate surface area is 216 Å². The van der Waals surface area contributed by atoms with E-state index >= 15 is 0 Å². The van der Waals surface area contributed by atoms with E-state index in [4.69, 9.17) is 4.99 Å². The molecule has 37 heavy (non-hydrogen) atoms. The lowest BCUT2D eigenvalue weighted by molar-refractivity contribution is 0.170. The van der Waals surface area contributed by atoms with E-state index in [1.807, 2.05) is 34.9 Å². The molecule has 2 amide bonds. The highest BCUT2D eigenvalue weighted by molar-refractivity contribution is 6.11. The fourth-order valence-corrected chi connectivity index (χ4v) is 5.89. The van der Waals surface area contributed by atoms with Crippen molar-refractivity contribution >= 4 is 23.8 Å². The maximum atomic E-state index is 13.3. The summed E-state index contributed by atoms with van der Waals surface area (Å²) in [5.74, 6) is 2.71. The maximum Gasteiger partial charge on any atom is 0.318 e. The molecule has 1 aromatic heterocycles. The molecule has 3 N–H and O–H groups in total. The predicted molar refractivity (Wildman–Crippen MR) is 142 cm³/mol. The lowest BCUT2D eigenvalue weighted by Crippen LogP contribution is -2.51. The number of amides is 2. The van der Waals surface area contributed by atoms with Gasteiger partial charge in [-0.05, 0) is 51.2 Å². The summed E-state index contributed by atoms with van der Waals surface area (Å²) in [7, 11) is 0. The molecule has 2 fully saturated rings. The highest BCUT2D eigenvalue weighted by atomic mass is 16.3. The van der Waals surface area contributed by atoms with Crippen LogP contribution in [0.3, 0.4) is 0 Å². The number of aliphatic hydroxyl groups excluding tert-OH is 1. The first-order valence-corrected chi connectivity index (χ1v) is 13.1. The number of aliphatic imine (C=N–C) groups is 1. The largest absolute Gasteiger partial charge is 0.394 e. The summed E-state index contributed by atoms with van der Waals surface area (Å²) in [5.41, 5.74) is 3.02. The molecule has 1 saturated carbocycles. The summed E-state index contributed by atoms with van der Waals surface area (Å²) >= 11 is 0. The summed E-state index contributed by atoms with van der Waals surface area (Å²) in [4.78, 5) is 35.7. The van der Waals surface area contributed by atoms with Crippen molar-refractivity contribution in [1.29, 1.82) is 0 Å². The fourth-order valence-electron chi connectivity index (χ4n) is 5.89. The number of rotatable bonds is 5. The molecule has 1 aliphatic carbocycles. The lowest BCUT2D eigenvalue weighted by atomic mass is 9.94. The SMILES string of the molecule is Cc1nc(NC2=NCC3=C2CN(C(=O)NC2C[C@@H]2c2ccccc2)C3(C)C)nc(N2CCC[C@H]2CO)n1. The molecule has 3 aliphatic heterocycles. The number of anilines is 2. The van der Waals surface area contributed by atoms with Crippen molar-refractivity contribution in [2.24, 2.45) is 4.99 Å². The molecule has 0 spiro atoms. The Balaban J connectivity index is 1.14. The first-order chi connectivity index (χ1) is 17.8. The molecule has 4 aliphatic rings. The van der Waals surface area contributed by atoms with E-state index in [-0.39, 0.29) is 24.7 Å². The van der Waals surface area contributed by atoms with Crippen molar-refractivity contribution in [2.45, 2.75) is 63.6 Å². The third-order valence-corrected chi connectivity index (χ3v) is 8.16. The van der Waals surface area contributed by atoms with Crippen molar-refractivity contribution in [3.63, 3.8) is 0 Å². The molecule has 1 saturated heterocycles. The third kappa shape index (κ3) is 4.33. The molecule has 1 aromatic carbocycles. The van der Waals surface area contributed by atoms with Crippen LogP contribution in [0.15, 0.2) is 46.5 Å². The second-order valence-corrected chi connectivity index (χ2v) is 10.9. The van der Waals surface area contributed by atoms with Crippen LogP contribution in [0.4, 0.5) is 16.7 Å². The fraction of sp³-hybridized carbons (Fsp3) is 0.519. The van der Waals surface area contributed by atoms with Gasteiger partial charge < -0.3 is 25.5 Å². The molecule has 0 bridgehead atoms. The third-order valence-electron chi connectivity index (χ3n) is 8.16. The minimum atomic E-state index is -0.437. The Morgan fingerprint density at radius 1 is 1.19 bits per heavy atom. The van der Waals surface area contributed by atoms with Crippen LogP contribution >= 0.6 is 0 Å². The Bertz CT molecular complexity index is 1270. The van der Waals surface area contributed by atoms with Crippen molar-refractivity contribution < 1.29 is 9.90 Å². The Morgan fingerprint density at radius 2 is 2.00 bits per heavy atom. The summed E-state index contributed by atoms with van der Waals surface area (Å²) in [6, 6.07) is 10.5. The Morgan fingerprint density at radius 3 is 2.78 bits per heavy atom. The molecule has 194 valence electrons. The summed E-state index contributed by atoms with van der Waals surface area (Å²) < 4.78 is 0. The number of hydrogen-bond acceptors (Lipinski definition) is 8. The molecule has 6 rings (SSSR count). The Kier molecular flexibility index (Phi) is 5.86. The molecule has 3 atom stereocenters. The van der Waals surface area contributed by atoms with Crippen LogP contribution < -0.4 is 15.5 Å². The number of aliphatic hydroxyl groups is 1. The summed E-state index contributed by atoms with van der Waals surface area (Å²) in [5, 5.41) is 16.3. The van der Waals surface area contributed by atoms with Crippen LogP contribution in [0.2, 0.25) is 0 Å². The van der Waals surface area contributed by atoms with Gasteiger partial charge in [0.25, 0.3) is 0 Å². The van der Waals surface area contributed by atoms with Crippen LogP contribution in [0, 0.1) is 6.92 Å². The minimum absolute atomic E-state index is 0.0310. The quantitative estimate of drug-likeness (QED) is 0.575. The van der Waals surface area contributed by atoms with Gasteiger partial charge in [0.1, 0.15) is 11.7 Å². The second-order valence-electron chi connectivity index (χ2n) is 10.9. The van der Waals surface area contributed by atoms with E-state index in [2.05, 4.69) is 51.6 Å². The number of amidine groups is 1. The Hall–Kier alpha value is -3.53. The van der Waals surface area contributed by atoms with Gasteiger partial charge >= 0.3 is 6.03 Å². The number of carbonyl (C=O) groups excluding carboxylic acids is 1. The van der Waals surface area contributed by atoms with Gasteiger partial charge in [-0.25, -0.2) is 4.79 Å². The zero-order valence-corrected chi connectivity index (χ0v) is 21.6. The van der Waals surface area contributed by atoms with Crippen LogP contribution in [0.1, 0.15) is 50.4 Å². The van der Waals surface area contributed by atoms with Gasteiger partial charge in [0.15, 0.2) is 0 Å². The van der Waals surface area contributed by atoms with Crippen LogP contribution in [0.5, 0.6) is 0 Å². The number of hydrogen-bond donors (Lipinski definition) is 3. The summed E-state index contributed by atoms with van der Waals surface area (Å²) in [6.45, 7) is 7.93. The monoisotopic (exact) mass is 502 g/mol. The molecule has 10 nitrogen and oxygen atoms in total. The van der Waals surface area contributed by atoms with Gasteiger partial charge in [-0.1, -0.05) is 30.3 Å². The van der Waals surface area contributed by atoms with Crippen molar-refractivity contribution in [3.8, 4) is 0 Å². The highest BCUT2D eigenvalue weighted by Gasteiger charge is 2.48. The van der Waals surface area contributed by atoms with Gasteiger partial charge in [0.05, 0.1) is 31.3 Å². The van der Waals surface area contributed by atoms with Gasteiger partial charge in [0, 0.05) is 24.1 Å². The molecule has 4 heterocycles. The normalized spacial score (nSPS) is 25.8. The van der Waals surface area contributed by atoms with Crippen LogP contribution in [-0.2, 0) is 0 Å². The average molecular weight is 503 g/mol. The standard InChI is InChI=1S/C27H34N8O2/c1-16-29-24(33-25(30-16)34-11-7-10-18(34)15-36)32-23-20-14-35(27(2,3)21(20)13-28-23)26(37)31-22-12-19(22)17-8-5-4-6-9-17/h4-6,8-9,18-19,22,36H,7,10-15H2,1-3H3,(H,31,37)(H,28,29,30,32,33)/t18-,19+,22?/m0/s1. The number of carbonyl (C=O) groups is 1. The van der Waals surface area contributed by atoms with Crippen LogP contribution in [0.25, 0.3) is 0 Å². The zero-order valence-electron chi connectivity index (χ0n) is 21.6. The lowest BCUT2D eigenvalue weighted by Gasteiger charge is -2.34. The van der Waals surface area contributed by atoms with E-state index in [1.54, 1.807) is 0 Å². The zero-order chi connectivity index (χ0) is 25.7. The summed E-state index contributed by atoms with van der Waals surface area (Å²) in [6.07, 6.45) is 2.90. The smallest absolute Gasteiger partial charge is 0.318 e. The molecule has 0 radical (unpaired) electrons. The van der Waals surface area contributed by atoms with Gasteiger partial charge in [-0.2, -0.15) is 15.0 Å². The van der Waals surface area contributed by atoms with E-state index in [1.165, 1.54) is 5.56 Å². The van der Waals surface area contributed by atoms with Gasteiger partial charge in [-0.15, -0.1) is 0 Å². The molecule has 2 aromatic rings. The van der Waals surface area contributed by atoms with E-state index in [0.29, 0.717) is 42.6 Å². The van der Waals surface area contributed by atoms with Gasteiger partial charge in [-0.3, -0.25) is 4.99 Å². The number of aryl methyl sites for hydroxylation is 1. The number of benzene rings is 1. The minimum Gasteiger partial charge on any atom is -0.394 e. The van der Waals surface area contributed by atoms with Crippen LogP contribution in [-0.4, -0.2) is 80.7 Å². The van der Waals surface area contributed by atoms with Crippen molar-refractivity contribution in [3.05, 3.63) is 52.9 Å². The first kappa shape index (κ1) is 23.8. The number of aromatic nitrogens is 3. The molecule has 1 unspecified atom stereocenters. The predicted octanol–water partition coefficient (Wildman–Crippen LogP) is 2.62. The van der Waals surface area contributed by atoms with Crippen molar-refractivity contribution in [2.75, 3.05) is 36.5 Å². The first-order valence-electron chi connectivity index (χ1n) is 13.1. The molecular formula is C27H34N8O2. The number of nitrogens with one attached hydrogen (secondary N) is 2.